The molecular formula is C18H19NO. The number of aliphatic imine (C=N–C) groups is 1. The fourth-order valence-electron chi connectivity index (χ4n) is 1.76. The normalized spacial score (nSPS) is 10.7. The summed E-state index contributed by atoms with van der Waals surface area (Å²) in [4.78, 5) is 4.21. The fourth-order valence-corrected chi connectivity index (χ4v) is 1.76. The minimum atomic E-state index is 0.569. The second kappa shape index (κ2) is 7.29. The Bertz CT molecular complexity index is 567. The van der Waals surface area contributed by atoms with Crippen molar-refractivity contribution in [2.45, 2.75) is 13.5 Å². The van der Waals surface area contributed by atoms with Crippen molar-refractivity contribution in [1.29, 1.82) is 0 Å². The predicted molar refractivity (Wildman–Crippen MR) is 85.4 cm³/mol. The number of nitrogens with zero attached hydrogens (tertiary/aromatic N) is 1. The zero-order valence-corrected chi connectivity index (χ0v) is 11.8. The smallest absolute Gasteiger partial charge is 0.119 e. The molecule has 0 aromatic heterocycles. The minimum Gasteiger partial charge on any atom is -0.489 e. The molecule has 2 heteroatoms. The van der Waals surface area contributed by atoms with E-state index in [2.05, 4.69) is 23.7 Å². The number of ether oxygens (including phenoxy) is 1. The highest BCUT2D eigenvalue weighted by atomic mass is 16.5. The largest absolute Gasteiger partial charge is 0.489 e. The van der Waals surface area contributed by atoms with Crippen molar-refractivity contribution in [2.24, 2.45) is 4.99 Å². The van der Waals surface area contributed by atoms with E-state index in [9.17, 15) is 0 Å². The molecule has 0 aliphatic carbocycles. The molecular weight excluding hydrogens is 246 g/mol. The van der Waals surface area contributed by atoms with Crippen molar-refractivity contribution in [2.75, 3.05) is 6.54 Å². The van der Waals surface area contributed by atoms with Gasteiger partial charge in [-0.2, -0.15) is 0 Å². The maximum absolute atomic E-state index is 5.75. The second-order valence-corrected chi connectivity index (χ2v) is 4.43. The van der Waals surface area contributed by atoms with Crippen LogP contribution in [0.15, 0.2) is 60.1 Å². The molecule has 0 spiro atoms. The van der Waals surface area contributed by atoms with Gasteiger partial charge in [-0.1, -0.05) is 36.9 Å². The second-order valence-electron chi connectivity index (χ2n) is 4.43. The quantitative estimate of drug-likeness (QED) is 0.712. The predicted octanol–water partition coefficient (Wildman–Crippen LogP) is 4.35. The van der Waals surface area contributed by atoms with Crippen LogP contribution in [0.2, 0.25) is 0 Å². The maximum Gasteiger partial charge on any atom is 0.119 e. The summed E-state index contributed by atoms with van der Waals surface area (Å²) < 4.78 is 5.75. The van der Waals surface area contributed by atoms with Crippen LogP contribution in [0.1, 0.15) is 23.6 Å². The Kier molecular flexibility index (Phi) is 5.13. The highest BCUT2D eigenvalue weighted by Crippen LogP contribution is 2.14. The van der Waals surface area contributed by atoms with E-state index in [1.165, 1.54) is 0 Å². The Morgan fingerprint density at radius 2 is 1.65 bits per heavy atom. The zero-order valence-electron chi connectivity index (χ0n) is 11.8. The van der Waals surface area contributed by atoms with Gasteiger partial charge in [0.05, 0.1) is 0 Å². The van der Waals surface area contributed by atoms with Crippen molar-refractivity contribution >= 4 is 12.3 Å². The number of benzene rings is 2. The number of hydrogen-bond donors (Lipinski definition) is 0. The third-order valence-electron chi connectivity index (χ3n) is 2.92. The van der Waals surface area contributed by atoms with Gasteiger partial charge >= 0.3 is 0 Å². The van der Waals surface area contributed by atoms with Gasteiger partial charge in [0.25, 0.3) is 0 Å². The van der Waals surface area contributed by atoms with E-state index in [1.807, 2.05) is 55.6 Å². The molecule has 102 valence electrons. The van der Waals surface area contributed by atoms with E-state index in [1.54, 1.807) is 0 Å². The summed E-state index contributed by atoms with van der Waals surface area (Å²) in [5.41, 5.74) is 3.36. The van der Waals surface area contributed by atoms with Gasteiger partial charge in [-0.05, 0) is 47.9 Å². The Morgan fingerprint density at radius 1 is 1.00 bits per heavy atom. The Morgan fingerprint density at radius 3 is 2.25 bits per heavy atom. The Hall–Kier alpha value is -2.35. The van der Waals surface area contributed by atoms with Crippen molar-refractivity contribution in [1.82, 2.24) is 0 Å². The molecule has 0 radical (unpaired) electrons. The lowest BCUT2D eigenvalue weighted by molar-refractivity contribution is 0.306. The molecule has 0 heterocycles. The topological polar surface area (TPSA) is 21.6 Å². The van der Waals surface area contributed by atoms with Crippen molar-refractivity contribution in [3.05, 3.63) is 71.8 Å². The van der Waals surface area contributed by atoms with Crippen LogP contribution in [0.4, 0.5) is 0 Å². The molecule has 0 aliphatic heterocycles. The van der Waals surface area contributed by atoms with Crippen molar-refractivity contribution < 1.29 is 4.74 Å². The Labute approximate surface area is 120 Å². The maximum atomic E-state index is 5.75. The molecule has 2 aromatic rings. The molecule has 0 bridgehead atoms. The number of rotatable bonds is 6. The lowest BCUT2D eigenvalue weighted by atomic mass is 10.1. The van der Waals surface area contributed by atoms with E-state index >= 15 is 0 Å². The molecule has 2 aromatic carbocycles. The van der Waals surface area contributed by atoms with E-state index < -0.39 is 0 Å². The summed E-state index contributed by atoms with van der Waals surface area (Å²) in [7, 11) is 0. The van der Waals surface area contributed by atoms with Crippen LogP contribution in [0.5, 0.6) is 5.75 Å². The SMILES string of the molecule is C=Cc1ccc(COc2ccc(/C=N/CC)cc2)cc1. The van der Waals surface area contributed by atoms with Crippen LogP contribution in [0.25, 0.3) is 6.08 Å². The van der Waals surface area contributed by atoms with Crippen LogP contribution in [0.3, 0.4) is 0 Å². The fraction of sp³-hybridized carbons (Fsp3) is 0.167. The highest BCUT2D eigenvalue weighted by molar-refractivity contribution is 5.79. The van der Waals surface area contributed by atoms with Gasteiger partial charge in [0, 0.05) is 12.8 Å². The molecule has 2 rings (SSSR count). The van der Waals surface area contributed by atoms with Gasteiger partial charge in [0.2, 0.25) is 0 Å². The van der Waals surface area contributed by atoms with Gasteiger partial charge in [-0.25, -0.2) is 0 Å². The summed E-state index contributed by atoms with van der Waals surface area (Å²) in [5.74, 6) is 0.867. The van der Waals surface area contributed by atoms with Crippen molar-refractivity contribution in [3.8, 4) is 5.75 Å². The minimum absolute atomic E-state index is 0.569. The summed E-state index contributed by atoms with van der Waals surface area (Å²) in [6.45, 7) is 7.13. The molecule has 0 amide bonds. The third-order valence-corrected chi connectivity index (χ3v) is 2.92. The molecule has 0 atom stereocenters. The van der Waals surface area contributed by atoms with Gasteiger partial charge in [-0.15, -0.1) is 0 Å². The van der Waals surface area contributed by atoms with Crippen molar-refractivity contribution in [3.63, 3.8) is 0 Å². The van der Waals surface area contributed by atoms with Crippen LogP contribution in [-0.2, 0) is 6.61 Å². The van der Waals surface area contributed by atoms with Crippen LogP contribution in [0, 0.1) is 0 Å². The lowest BCUT2D eigenvalue weighted by Gasteiger charge is -2.06. The summed E-state index contributed by atoms with van der Waals surface area (Å²) in [6, 6.07) is 16.1. The average molecular weight is 265 g/mol. The molecule has 0 aliphatic rings. The first-order chi connectivity index (χ1) is 9.81. The van der Waals surface area contributed by atoms with E-state index in [0.717, 1.165) is 29.0 Å². The zero-order chi connectivity index (χ0) is 14.2. The van der Waals surface area contributed by atoms with Crippen LogP contribution in [-0.4, -0.2) is 12.8 Å². The van der Waals surface area contributed by atoms with E-state index in [4.69, 9.17) is 4.74 Å². The summed E-state index contributed by atoms with van der Waals surface area (Å²) in [5, 5.41) is 0. The highest BCUT2D eigenvalue weighted by Gasteiger charge is 1.96. The first-order valence-electron chi connectivity index (χ1n) is 6.76. The number of hydrogen-bond acceptors (Lipinski definition) is 2. The molecule has 0 saturated heterocycles. The van der Waals surface area contributed by atoms with E-state index in [-0.39, 0.29) is 0 Å². The van der Waals surface area contributed by atoms with Crippen LogP contribution < -0.4 is 4.74 Å². The van der Waals surface area contributed by atoms with Gasteiger partial charge in [0.15, 0.2) is 0 Å². The van der Waals surface area contributed by atoms with Gasteiger partial charge in [0.1, 0.15) is 12.4 Å². The standard InChI is InChI=1S/C18H19NO/c1-3-15-5-7-17(8-6-15)14-20-18-11-9-16(10-12-18)13-19-4-2/h3,5-13H,1,4,14H2,2H3/b19-13+. The van der Waals surface area contributed by atoms with Gasteiger partial charge < -0.3 is 4.74 Å². The summed E-state index contributed by atoms with van der Waals surface area (Å²) in [6.07, 6.45) is 3.71. The van der Waals surface area contributed by atoms with Crippen LogP contribution >= 0.6 is 0 Å². The Balaban J connectivity index is 1.92. The van der Waals surface area contributed by atoms with E-state index in [0.29, 0.717) is 6.61 Å². The molecule has 0 fully saturated rings. The first-order valence-corrected chi connectivity index (χ1v) is 6.76. The monoisotopic (exact) mass is 265 g/mol. The first kappa shape index (κ1) is 14.1. The van der Waals surface area contributed by atoms with Gasteiger partial charge in [-0.3, -0.25) is 4.99 Å². The molecule has 0 unspecified atom stereocenters. The summed E-state index contributed by atoms with van der Waals surface area (Å²) >= 11 is 0. The molecule has 2 nitrogen and oxygen atoms in total. The molecule has 0 N–H and O–H groups in total. The average Bonchev–Trinajstić information content (AvgIpc) is 2.52. The lowest BCUT2D eigenvalue weighted by Crippen LogP contribution is -1.95. The molecule has 0 saturated carbocycles. The molecule has 20 heavy (non-hydrogen) atoms. The third kappa shape index (κ3) is 4.09.